The number of carbonyl (C=O) groups is 1. The van der Waals surface area contributed by atoms with Gasteiger partial charge in [-0.25, -0.2) is 0 Å². The van der Waals surface area contributed by atoms with Gasteiger partial charge in [0, 0.05) is 17.8 Å². The van der Waals surface area contributed by atoms with Gasteiger partial charge < -0.3 is 9.64 Å². The summed E-state index contributed by atoms with van der Waals surface area (Å²) in [4.78, 5) is 14.5. The van der Waals surface area contributed by atoms with Gasteiger partial charge in [0.15, 0.2) is 0 Å². The highest BCUT2D eigenvalue weighted by Crippen LogP contribution is 2.30. The summed E-state index contributed by atoms with van der Waals surface area (Å²) in [6.45, 7) is 2.82. The van der Waals surface area contributed by atoms with Crippen LogP contribution in [0.3, 0.4) is 0 Å². The molecule has 20 heavy (non-hydrogen) atoms. The molecule has 1 aliphatic rings. The van der Waals surface area contributed by atoms with Crippen molar-refractivity contribution in [3.63, 3.8) is 0 Å². The summed E-state index contributed by atoms with van der Waals surface area (Å²) in [6, 6.07) is 13.6. The van der Waals surface area contributed by atoms with E-state index in [1.165, 1.54) is 11.1 Å². The molecule has 2 aromatic rings. The van der Waals surface area contributed by atoms with E-state index >= 15 is 0 Å². The molecule has 0 saturated heterocycles. The van der Waals surface area contributed by atoms with Crippen LogP contribution >= 0.6 is 0 Å². The molecule has 0 aliphatic carbocycles. The second-order valence-corrected chi connectivity index (χ2v) is 5.07. The lowest BCUT2D eigenvalue weighted by Gasteiger charge is -2.18. The zero-order valence-electron chi connectivity index (χ0n) is 11.7. The molecule has 0 saturated carbocycles. The van der Waals surface area contributed by atoms with Gasteiger partial charge in [-0.3, -0.25) is 4.79 Å². The van der Waals surface area contributed by atoms with Crippen LogP contribution in [0.5, 0.6) is 5.75 Å². The number of benzene rings is 2. The Hall–Kier alpha value is -2.29. The molecule has 0 bridgehead atoms. The van der Waals surface area contributed by atoms with Crippen molar-refractivity contribution in [1.29, 1.82) is 0 Å². The predicted molar refractivity (Wildman–Crippen MR) is 79.6 cm³/mol. The predicted octanol–water partition coefficient (Wildman–Crippen LogP) is 3.21. The average molecular weight is 267 g/mol. The molecule has 3 nitrogen and oxygen atoms in total. The normalized spacial score (nSPS) is 13.2. The molecule has 102 valence electrons. The molecule has 0 unspecified atom stereocenters. The summed E-state index contributed by atoms with van der Waals surface area (Å²) in [5, 5.41) is 0. The van der Waals surface area contributed by atoms with E-state index in [2.05, 4.69) is 19.1 Å². The lowest BCUT2D eigenvalue weighted by atomic mass is 10.1. The van der Waals surface area contributed by atoms with Gasteiger partial charge in [0.1, 0.15) is 5.75 Å². The number of hydrogen-bond acceptors (Lipinski definition) is 2. The van der Waals surface area contributed by atoms with Crippen molar-refractivity contribution in [2.45, 2.75) is 13.3 Å². The highest BCUT2D eigenvalue weighted by atomic mass is 16.5. The number of carbonyl (C=O) groups excluding carboxylic acids is 1. The van der Waals surface area contributed by atoms with Crippen molar-refractivity contribution in [1.82, 2.24) is 0 Å². The number of nitrogens with zero attached hydrogens (tertiary/aromatic N) is 1. The minimum atomic E-state index is 0.0338. The maximum absolute atomic E-state index is 12.6. The van der Waals surface area contributed by atoms with Gasteiger partial charge in [-0.15, -0.1) is 0 Å². The lowest BCUT2D eigenvalue weighted by Crippen LogP contribution is -2.28. The molecule has 0 aromatic heterocycles. The largest absolute Gasteiger partial charge is 0.497 e. The van der Waals surface area contributed by atoms with Gasteiger partial charge in [0.05, 0.1) is 7.11 Å². The Morgan fingerprint density at radius 1 is 1.20 bits per heavy atom. The van der Waals surface area contributed by atoms with E-state index in [9.17, 15) is 4.79 Å². The molecule has 0 fully saturated rings. The Morgan fingerprint density at radius 2 is 2.05 bits per heavy atom. The third kappa shape index (κ3) is 2.16. The molecule has 0 N–H and O–H groups in total. The van der Waals surface area contributed by atoms with Crippen LogP contribution in [0.4, 0.5) is 5.69 Å². The highest BCUT2D eigenvalue weighted by Gasteiger charge is 2.25. The Morgan fingerprint density at radius 3 is 2.85 bits per heavy atom. The van der Waals surface area contributed by atoms with Gasteiger partial charge in [-0.1, -0.05) is 23.8 Å². The van der Waals surface area contributed by atoms with Gasteiger partial charge >= 0.3 is 0 Å². The van der Waals surface area contributed by atoms with Crippen LogP contribution in [-0.2, 0) is 6.42 Å². The summed E-state index contributed by atoms with van der Waals surface area (Å²) < 4.78 is 5.18. The fourth-order valence-corrected chi connectivity index (χ4v) is 2.65. The van der Waals surface area contributed by atoms with Crippen LogP contribution < -0.4 is 9.64 Å². The highest BCUT2D eigenvalue weighted by molar-refractivity contribution is 6.07. The number of ether oxygens (including phenoxy) is 1. The average Bonchev–Trinajstić information content (AvgIpc) is 2.89. The van der Waals surface area contributed by atoms with Crippen LogP contribution in [0, 0.1) is 6.92 Å². The van der Waals surface area contributed by atoms with E-state index in [1.54, 1.807) is 13.2 Å². The minimum absolute atomic E-state index is 0.0338. The SMILES string of the molecule is COc1cccc(C(=O)N2CCc3cc(C)ccc32)c1. The molecule has 0 atom stereocenters. The standard InChI is InChI=1S/C17H17NO2/c1-12-6-7-16-13(10-12)8-9-18(16)17(19)14-4-3-5-15(11-14)20-2/h3-7,10-11H,8-9H2,1-2H3. The maximum Gasteiger partial charge on any atom is 0.258 e. The van der Waals surface area contributed by atoms with Crippen molar-refractivity contribution < 1.29 is 9.53 Å². The van der Waals surface area contributed by atoms with E-state index < -0.39 is 0 Å². The van der Waals surface area contributed by atoms with Crippen LogP contribution in [0.15, 0.2) is 42.5 Å². The van der Waals surface area contributed by atoms with E-state index in [1.807, 2.05) is 29.2 Å². The first-order valence-electron chi connectivity index (χ1n) is 6.74. The molecular formula is C17H17NO2. The second kappa shape index (κ2) is 5.00. The van der Waals surface area contributed by atoms with E-state index in [0.717, 1.165) is 18.7 Å². The van der Waals surface area contributed by atoms with Gasteiger partial charge in [0.2, 0.25) is 0 Å². The molecule has 2 aromatic carbocycles. The number of aryl methyl sites for hydroxylation is 1. The molecule has 0 radical (unpaired) electrons. The zero-order valence-corrected chi connectivity index (χ0v) is 11.7. The molecular weight excluding hydrogens is 250 g/mol. The Bertz CT molecular complexity index is 664. The Labute approximate surface area is 118 Å². The number of rotatable bonds is 2. The summed E-state index contributed by atoms with van der Waals surface area (Å²) >= 11 is 0. The number of methoxy groups -OCH3 is 1. The van der Waals surface area contributed by atoms with Crippen LogP contribution in [0.25, 0.3) is 0 Å². The fourth-order valence-electron chi connectivity index (χ4n) is 2.65. The van der Waals surface area contributed by atoms with Crippen LogP contribution in [0.1, 0.15) is 21.5 Å². The first-order valence-corrected chi connectivity index (χ1v) is 6.74. The first-order chi connectivity index (χ1) is 9.69. The molecule has 3 rings (SSSR count). The van der Waals surface area contributed by atoms with E-state index in [0.29, 0.717) is 11.3 Å². The third-order valence-electron chi connectivity index (χ3n) is 3.69. The number of anilines is 1. The van der Waals surface area contributed by atoms with E-state index in [4.69, 9.17) is 4.74 Å². The van der Waals surface area contributed by atoms with E-state index in [-0.39, 0.29) is 5.91 Å². The molecule has 3 heteroatoms. The summed E-state index contributed by atoms with van der Waals surface area (Å²) in [7, 11) is 1.61. The van der Waals surface area contributed by atoms with Crippen molar-refractivity contribution >= 4 is 11.6 Å². The van der Waals surface area contributed by atoms with Crippen molar-refractivity contribution in [2.75, 3.05) is 18.6 Å². The second-order valence-electron chi connectivity index (χ2n) is 5.07. The molecule has 1 amide bonds. The van der Waals surface area contributed by atoms with Gasteiger partial charge in [-0.2, -0.15) is 0 Å². The van der Waals surface area contributed by atoms with Gasteiger partial charge in [-0.05, 0) is 43.2 Å². The number of amides is 1. The molecule has 0 spiro atoms. The third-order valence-corrected chi connectivity index (χ3v) is 3.69. The number of hydrogen-bond donors (Lipinski definition) is 0. The Kier molecular flexibility index (Phi) is 3.18. The van der Waals surface area contributed by atoms with Crippen LogP contribution in [0.2, 0.25) is 0 Å². The lowest BCUT2D eigenvalue weighted by molar-refractivity contribution is 0.0989. The fraction of sp³-hybridized carbons (Fsp3) is 0.235. The summed E-state index contributed by atoms with van der Waals surface area (Å²) in [6.07, 6.45) is 0.923. The van der Waals surface area contributed by atoms with Crippen molar-refractivity contribution in [2.24, 2.45) is 0 Å². The minimum Gasteiger partial charge on any atom is -0.497 e. The summed E-state index contributed by atoms with van der Waals surface area (Å²) in [5.41, 5.74) is 4.18. The topological polar surface area (TPSA) is 29.5 Å². The molecule has 1 aliphatic heterocycles. The zero-order chi connectivity index (χ0) is 14.1. The Balaban J connectivity index is 1.93. The number of fused-ring (bicyclic) bond motifs is 1. The quantitative estimate of drug-likeness (QED) is 0.836. The maximum atomic E-state index is 12.6. The van der Waals surface area contributed by atoms with Crippen molar-refractivity contribution in [3.8, 4) is 5.75 Å². The van der Waals surface area contributed by atoms with Crippen LogP contribution in [-0.4, -0.2) is 19.6 Å². The van der Waals surface area contributed by atoms with Gasteiger partial charge in [0.25, 0.3) is 5.91 Å². The van der Waals surface area contributed by atoms with Crippen molar-refractivity contribution in [3.05, 3.63) is 59.2 Å². The first kappa shape index (κ1) is 12.7. The monoisotopic (exact) mass is 267 g/mol. The molecule has 1 heterocycles. The summed E-state index contributed by atoms with van der Waals surface area (Å²) in [5.74, 6) is 0.741. The smallest absolute Gasteiger partial charge is 0.258 e.